The third-order valence-corrected chi connectivity index (χ3v) is 10.5. The highest BCUT2D eigenvalue weighted by molar-refractivity contribution is 6.01. The van der Waals surface area contributed by atoms with Gasteiger partial charge < -0.3 is 30.3 Å². The number of rotatable bonds is 18. The van der Waals surface area contributed by atoms with Crippen LogP contribution in [0.2, 0.25) is 0 Å². The van der Waals surface area contributed by atoms with Crippen LogP contribution in [-0.2, 0) is 14.3 Å². The van der Waals surface area contributed by atoms with Crippen LogP contribution in [0.5, 0.6) is 0 Å². The van der Waals surface area contributed by atoms with Gasteiger partial charge in [-0.15, -0.1) is 6.58 Å². The molecule has 0 saturated heterocycles. The molecule has 8 heteroatoms. The minimum absolute atomic E-state index is 0.187. The average molecular weight is 771 g/mol. The van der Waals surface area contributed by atoms with Gasteiger partial charge in [0.2, 0.25) is 0 Å². The van der Waals surface area contributed by atoms with E-state index >= 15 is 0 Å². The van der Waals surface area contributed by atoms with Crippen molar-refractivity contribution >= 4 is 11.6 Å². The Morgan fingerprint density at radius 2 is 1.14 bits per heavy atom. The molecule has 56 heavy (non-hydrogen) atoms. The first-order valence-corrected chi connectivity index (χ1v) is 19.3. The van der Waals surface area contributed by atoms with Crippen molar-refractivity contribution in [3.63, 3.8) is 0 Å². The summed E-state index contributed by atoms with van der Waals surface area (Å²) in [5.41, 5.74) is 6.65. The van der Waals surface area contributed by atoms with E-state index in [-0.39, 0.29) is 23.6 Å². The molecule has 0 fully saturated rings. The molecule has 306 valence electrons. The van der Waals surface area contributed by atoms with Crippen LogP contribution in [0.4, 0.5) is 0 Å². The Labute approximate surface area is 335 Å². The number of carbonyl (C=O) groups is 2. The molecule has 0 radical (unpaired) electrons. The zero-order valence-corrected chi connectivity index (χ0v) is 35.1. The van der Waals surface area contributed by atoms with E-state index < -0.39 is 48.5 Å². The second-order valence-corrected chi connectivity index (χ2v) is 16.4. The summed E-state index contributed by atoms with van der Waals surface area (Å²) in [6.45, 7) is 22.5. The van der Waals surface area contributed by atoms with Gasteiger partial charge in [0, 0.05) is 5.92 Å². The standard InChI is InChI=1S/C48H66O8/c1-12-37(29-49)45(54)46(55)41(51)30-56-42-28-48(10,11)39(36(7)44(42)53)26-24-34(5)22-16-20-32(3)18-14-13-17-31(2)19-15-21-33(4)23-25-38-35(6)43(52)40(50)27-47(38,8)9/h12-26,37,40-42,45-46,49-51,54-55H,1,27-30H2,2-11H3/b14-13+,19-15+,20-16+,25-23+,26-24+,31-17+,32-18+,33-21+,34-22+. The lowest BCUT2D eigenvalue weighted by atomic mass is 9.71. The number of ketones is 2. The van der Waals surface area contributed by atoms with E-state index in [1.165, 1.54) is 6.08 Å². The van der Waals surface area contributed by atoms with Crippen molar-refractivity contribution in [1.29, 1.82) is 0 Å². The third kappa shape index (κ3) is 14.2. The van der Waals surface area contributed by atoms with Crippen molar-refractivity contribution < 1.29 is 39.9 Å². The molecule has 2 rings (SSSR count). The molecule has 0 amide bonds. The largest absolute Gasteiger partial charge is 0.396 e. The lowest BCUT2D eigenvalue weighted by molar-refractivity contribution is -0.140. The van der Waals surface area contributed by atoms with Crippen LogP contribution >= 0.6 is 0 Å². The molecule has 0 aromatic carbocycles. The van der Waals surface area contributed by atoms with Gasteiger partial charge in [0.15, 0.2) is 11.6 Å². The maximum atomic E-state index is 13.2. The SMILES string of the molecule is C=CC(CO)C(O)C(O)C(O)COC1CC(C)(C)C(/C=C/C(C)=C/C=C/C(C)=C/C=C/C=C(C)/C=C/C=C(C)/C=C/C2=C(C)C(=O)C(O)CC2(C)C)=C(C)C1=O. The normalized spacial score (nSPS) is 24.1. The van der Waals surface area contributed by atoms with Gasteiger partial charge in [-0.3, -0.25) is 9.59 Å². The lowest BCUT2D eigenvalue weighted by Gasteiger charge is -2.37. The summed E-state index contributed by atoms with van der Waals surface area (Å²) in [6, 6.07) is 0. The number of aliphatic hydroxyl groups is 5. The fourth-order valence-corrected chi connectivity index (χ4v) is 6.85. The van der Waals surface area contributed by atoms with Crippen molar-refractivity contribution in [1.82, 2.24) is 0 Å². The van der Waals surface area contributed by atoms with E-state index in [0.717, 1.165) is 33.4 Å². The molecular formula is C48H66O8. The van der Waals surface area contributed by atoms with E-state index in [1.807, 2.05) is 127 Å². The second-order valence-electron chi connectivity index (χ2n) is 16.4. The first-order valence-electron chi connectivity index (χ1n) is 19.3. The van der Waals surface area contributed by atoms with Gasteiger partial charge in [-0.25, -0.2) is 0 Å². The summed E-state index contributed by atoms with van der Waals surface area (Å²) >= 11 is 0. The maximum Gasteiger partial charge on any atom is 0.187 e. The molecule has 2 aliphatic carbocycles. The quantitative estimate of drug-likeness (QED) is 0.0702. The average Bonchev–Trinajstić information content (AvgIpc) is 3.12. The molecular weight excluding hydrogens is 705 g/mol. The number of hydrogen-bond donors (Lipinski definition) is 5. The molecule has 0 bridgehead atoms. The highest BCUT2D eigenvalue weighted by atomic mass is 16.5. The van der Waals surface area contributed by atoms with Crippen molar-refractivity contribution in [2.75, 3.05) is 13.2 Å². The molecule has 0 aromatic heterocycles. The number of carbonyl (C=O) groups excluding carboxylic acids is 2. The summed E-state index contributed by atoms with van der Waals surface area (Å²) in [6.07, 6.45) is 24.0. The Bertz CT molecular complexity index is 1760. The monoisotopic (exact) mass is 770 g/mol. The maximum absolute atomic E-state index is 13.2. The van der Waals surface area contributed by atoms with Gasteiger partial charge in [0.25, 0.3) is 0 Å². The van der Waals surface area contributed by atoms with Crippen LogP contribution < -0.4 is 0 Å². The van der Waals surface area contributed by atoms with Crippen LogP contribution in [0.15, 0.2) is 142 Å². The van der Waals surface area contributed by atoms with Crippen LogP contribution in [-0.4, -0.2) is 80.8 Å². The molecule has 6 unspecified atom stereocenters. The van der Waals surface area contributed by atoms with Gasteiger partial charge >= 0.3 is 0 Å². The predicted molar refractivity (Wildman–Crippen MR) is 227 cm³/mol. The van der Waals surface area contributed by atoms with E-state index in [0.29, 0.717) is 24.0 Å². The lowest BCUT2D eigenvalue weighted by Crippen LogP contribution is -2.46. The smallest absolute Gasteiger partial charge is 0.187 e. The van der Waals surface area contributed by atoms with Crippen molar-refractivity contribution in [2.45, 2.75) is 113 Å². The van der Waals surface area contributed by atoms with Gasteiger partial charge in [0.1, 0.15) is 24.4 Å². The van der Waals surface area contributed by atoms with E-state index in [9.17, 15) is 35.1 Å². The fourth-order valence-electron chi connectivity index (χ4n) is 6.85. The minimum Gasteiger partial charge on any atom is -0.396 e. The first-order chi connectivity index (χ1) is 26.2. The van der Waals surface area contributed by atoms with Gasteiger partial charge in [0.05, 0.1) is 19.3 Å². The summed E-state index contributed by atoms with van der Waals surface area (Å²) in [7, 11) is 0. The minimum atomic E-state index is -1.57. The van der Waals surface area contributed by atoms with E-state index in [4.69, 9.17) is 4.74 Å². The number of allylic oxidation sites excluding steroid dienone is 20. The van der Waals surface area contributed by atoms with Crippen molar-refractivity contribution in [3.8, 4) is 0 Å². The predicted octanol–water partition coefficient (Wildman–Crippen LogP) is 7.81. The summed E-state index contributed by atoms with van der Waals surface area (Å²) in [5, 5.41) is 50.3. The molecule has 2 aliphatic rings. The Balaban J connectivity index is 1.97. The highest BCUT2D eigenvalue weighted by Crippen LogP contribution is 2.41. The highest BCUT2D eigenvalue weighted by Gasteiger charge is 2.40. The number of aliphatic hydroxyl groups excluding tert-OH is 5. The second kappa shape index (κ2) is 22.1. The summed E-state index contributed by atoms with van der Waals surface area (Å²) in [5.74, 6) is -1.18. The number of ether oxygens (including phenoxy) is 1. The summed E-state index contributed by atoms with van der Waals surface area (Å²) in [4.78, 5) is 25.5. The molecule has 5 N–H and O–H groups in total. The van der Waals surface area contributed by atoms with Crippen molar-refractivity contribution in [3.05, 3.63) is 142 Å². The number of hydrogen-bond acceptors (Lipinski definition) is 8. The van der Waals surface area contributed by atoms with E-state index in [2.05, 4.69) is 20.4 Å². The van der Waals surface area contributed by atoms with E-state index in [1.54, 1.807) is 13.8 Å². The van der Waals surface area contributed by atoms with Crippen LogP contribution in [0.25, 0.3) is 0 Å². The number of Topliss-reactive ketones (excluding diaryl/α,β-unsaturated/α-hetero) is 2. The van der Waals surface area contributed by atoms with Gasteiger partial charge in [-0.2, -0.15) is 0 Å². The van der Waals surface area contributed by atoms with Gasteiger partial charge in [-0.05, 0) is 87.5 Å². The molecule has 0 saturated carbocycles. The Morgan fingerprint density at radius 3 is 1.61 bits per heavy atom. The topological polar surface area (TPSA) is 145 Å². The Hall–Kier alpha value is -4.02. The third-order valence-electron chi connectivity index (χ3n) is 10.5. The van der Waals surface area contributed by atoms with Crippen molar-refractivity contribution in [2.24, 2.45) is 16.7 Å². The molecule has 0 spiro atoms. The fraction of sp³-hybridized carbons (Fsp3) is 0.458. The summed E-state index contributed by atoms with van der Waals surface area (Å²) < 4.78 is 5.76. The zero-order chi connectivity index (χ0) is 42.4. The molecule has 0 aliphatic heterocycles. The molecule has 6 atom stereocenters. The molecule has 0 heterocycles. The molecule has 8 nitrogen and oxygen atoms in total. The van der Waals surface area contributed by atoms with Crippen LogP contribution in [0, 0.1) is 16.7 Å². The molecule has 0 aromatic rings. The Kier molecular flexibility index (Phi) is 19.0. The zero-order valence-electron chi connectivity index (χ0n) is 35.1. The Morgan fingerprint density at radius 1 is 0.714 bits per heavy atom. The van der Waals surface area contributed by atoms with Crippen LogP contribution in [0.3, 0.4) is 0 Å². The first kappa shape index (κ1) is 48.1. The van der Waals surface area contributed by atoms with Gasteiger partial charge in [-0.1, -0.05) is 141 Å². The van der Waals surface area contributed by atoms with Crippen LogP contribution in [0.1, 0.15) is 82.1 Å².